The summed E-state index contributed by atoms with van der Waals surface area (Å²) in [7, 11) is 0. The molecule has 0 saturated carbocycles. The Hall–Kier alpha value is -3.14. The Bertz CT molecular complexity index is 704. The van der Waals surface area contributed by atoms with Gasteiger partial charge < -0.3 is 10.1 Å². The van der Waals surface area contributed by atoms with E-state index in [1.54, 1.807) is 17.1 Å². The molecule has 118 valence electrons. The molecule has 0 aliphatic rings. The first-order valence-corrected chi connectivity index (χ1v) is 7.07. The number of hydrogen-bond acceptors (Lipinski definition) is 5. The highest BCUT2D eigenvalue weighted by Gasteiger charge is 2.10. The maximum Gasteiger partial charge on any atom is 0.310 e. The minimum absolute atomic E-state index is 0.0400. The van der Waals surface area contributed by atoms with Gasteiger partial charge in [-0.1, -0.05) is 18.2 Å². The number of rotatable bonds is 7. The molecule has 1 aromatic heterocycles. The van der Waals surface area contributed by atoms with E-state index < -0.39 is 11.9 Å². The van der Waals surface area contributed by atoms with E-state index in [1.165, 1.54) is 0 Å². The van der Waals surface area contributed by atoms with E-state index in [0.717, 1.165) is 5.69 Å². The van der Waals surface area contributed by atoms with E-state index >= 15 is 0 Å². The van der Waals surface area contributed by atoms with Crippen molar-refractivity contribution in [1.29, 1.82) is 5.26 Å². The molecule has 0 radical (unpaired) electrons. The maximum absolute atomic E-state index is 11.7. The van der Waals surface area contributed by atoms with Crippen LogP contribution in [-0.2, 0) is 20.7 Å². The van der Waals surface area contributed by atoms with Crippen molar-refractivity contribution in [3.63, 3.8) is 0 Å². The molecular weight excluding hydrogens is 296 g/mol. The molecule has 0 saturated heterocycles. The lowest BCUT2D eigenvalue weighted by Gasteiger charge is -2.04. The van der Waals surface area contributed by atoms with E-state index in [9.17, 15) is 9.59 Å². The zero-order valence-corrected chi connectivity index (χ0v) is 12.4. The second kappa shape index (κ2) is 8.34. The predicted octanol–water partition coefficient (Wildman–Crippen LogP) is 0.988. The van der Waals surface area contributed by atoms with Gasteiger partial charge >= 0.3 is 5.97 Å². The molecule has 1 aromatic carbocycles. The lowest BCUT2D eigenvalue weighted by Crippen LogP contribution is -2.29. The summed E-state index contributed by atoms with van der Waals surface area (Å²) < 4.78 is 6.55. The van der Waals surface area contributed by atoms with Crippen molar-refractivity contribution in [3.05, 3.63) is 48.3 Å². The number of esters is 1. The standard InChI is InChI=1S/C16H16N4O3/c17-7-4-8-18-15(21)12-23-16(22)9-13-10-19-20(11-13)14-5-2-1-3-6-14/h1-3,5-6,10-11H,4,8-9,12H2,(H,18,21). The molecule has 1 heterocycles. The van der Waals surface area contributed by atoms with Crippen LogP contribution in [0.2, 0.25) is 0 Å². The number of aromatic nitrogens is 2. The summed E-state index contributed by atoms with van der Waals surface area (Å²) in [4.78, 5) is 23.1. The minimum atomic E-state index is -0.506. The van der Waals surface area contributed by atoms with Crippen molar-refractivity contribution < 1.29 is 14.3 Å². The van der Waals surface area contributed by atoms with Gasteiger partial charge in [-0.2, -0.15) is 10.4 Å². The molecule has 1 N–H and O–H groups in total. The first kappa shape index (κ1) is 16.2. The highest BCUT2D eigenvalue weighted by molar-refractivity contribution is 5.81. The maximum atomic E-state index is 11.7. The van der Waals surface area contributed by atoms with Crippen molar-refractivity contribution in [2.75, 3.05) is 13.2 Å². The van der Waals surface area contributed by atoms with Gasteiger partial charge in [-0.15, -0.1) is 0 Å². The fourth-order valence-electron chi connectivity index (χ4n) is 1.85. The molecule has 0 aliphatic carbocycles. The van der Waals surface area contributed by atoms with E-state index in [4.69, 9.17) is 10.00 Å². The molecule has 0 aliphatic heterocycles. The van der Waals surface area contributed by atoms with E-state index in [2.05, 4.69) is 10.4 Å². The summed E-state index contributed by atoms with van der Waals surface area (Å²) in [6.45, 7) is -0.103. The van der Waals surface area contributed by atoms with Crippen molar-refractivity contribution in [3.8, 4) is 11.8 Å². The van der Waals surface area contributed by atoms with Gasteiger partial charge in [-0.05, 0) is 12.1 Å². The van der Waals surface area contributed by atoms with Crippen LogP contribution in [-0.4, -0.2) is 34.8 Å². The smallest absolute Gasteiger partial charge is 0.310 e. The zero-order chi connectivity index (χ0) is 16.5. The van der Waals surface area contributed by atoms with Gasteiger partial charge in [0.1, 0.15) is 0 Å². The number of nitrogens with zero attached hydrogens (tertiary/aromatic N) is 3. The third kappa shape index (κ3) is 5.28. The molecule has 23 heavy (non-hydrogen) atoms. The van der Waals surface area contributed by atoms with Crippen LogP contribution in [0.1, 0.15) is 12.0 Å². The molecular formula is C16H16N4O3. The number of amides is 1. The molecule has 1 amide bonds. The number of para-hydroxylation sites is 1. The Morgan fingerprint density at radius 3 is 2.83 bits per heavy atom. The second-order valence-electron chi connectivity index (χ2n) is 4.72. The molecule has 0 unspecified atom stereocenters. The predicted molar refractivity (Wildman–Crippen MR) is 81.5 cm³/mol. The Morgan fingerprint density at radius 1 is 1.30 bits per heavy atom. The summed E-state index contributed by atoms with van der Waals surface area (Å²) in [6.07, 6.45) is 3.58. The monoisotopic (exact) mass is 312 g/mol. The van der Waals surface area contributed by atoms with Crippen molar-refractivity contribution in [1.82, 2.24) is 15.1 Å². The normalized spacial score (nSPS) is 9.87. The summed E-state index contributed by atoms with van der Waals surface area (Å²) in [5, 5.41) is 15.0. The van der Waals surface area contributed by atoms with E-state index in [0.29, 0.717) is 5.56 Å². The lowest BCUT2D eigenvalue weighted by atomic mass is 10.2. The van der Waals surface area contributed by atoms with Gasteiger partial charge in [0.25, 0.3) is 5.91 Å². The number of benzene rings is 1. The Labute approximate surface area is 133 Å². The molecule has 0 fully saturated rings. The van der Waals surface area contributed by atoms with Gasteiger partial charge in [0.15, 0.2) is 6.61 Å². The van der Waals surface area contributed by atoms with Crippen LogP contribution in [0.3, 0.4) is 0 Å². The van der Waals surface area contributed by atoms with Crippen LogP contribution in [0.5, 0.6) is 0 Å². The van der Waals surface area contributed by atoms with Gasteiger partial charge in [-0.3, -0.25) is 9.59 Å². The highest BCUT2D eigenvalue weighted by atomic mass is 16.5. The summed E-state index contributed by atoms with van der Waals surface area (Å²) >= 11 is 0. The van der Waals surface area contributed by atoms with Crippen LogP contribution in [0, 0.1) is 11.3 Å². The Morgan fingerprint density at radius 2 is 2.09 bits per heavy atom. The summed E-state index contributed by atoms with van der Waals surface area (Å²) in [5.74, 6) is -0.929. The Kier molecular flexibility index (Phi) is 5.89. The molecule has 2 rings (SSSR count). The third-order valence-corrected chi connectivity index (χ3v) is 2.93. The van der Waals surface area contributed by atoms with Crippen molar-refractivity contribution in [2.24, 2.45) is 0 Å². The second-order valence-corrected chi connectivity index (χ2v) is 4.72. The fraction of sp³-hybridized carbons (Fsp3) is 0.250. The molecule has 2 aromatic rings. The van der Waals surface area contributed by atoms with Gasteiger partial charge in [0.2, 0.25) is 0 Å². The SMILES string of the molecule is N#CCCNC(=O)COC(=O)Cc1cnn(-c2ccccc2)c1. The summed E-state index contributed by atoms with van der Waals surface area (Å²) in [5.41, 5.74) is 1.59. The van der Waals surface area contributed by atoms with Crippen LogP contribution < -0.4 is 5.32 Å². The number of hydrogen-bond donors (Lipinski definition) is 1. The van der Waals surface area contributed by atoms with Crippen LogP contribution in [0.15, 0.2) is 42.7 Å². The van der Waals surface area contributed by atoms with Crippen LogP contribution in [0.4, 0.5) is 0 Å². The van der Waals surface area contributed by atoms with Crippen molar-refractivity contribution in [2.45, 2.75) is 12.8 Å². The Balaban J connectivity index is 1.79. The van der Waals surface area contributed by atoms with E-state index in [-0.39, 0.29) is 26.0 Å². The molecule has 7 heteroatoms. The van der Waals surface area contributed by atoms with Crippen LogP contribution in [0.25, 0.3) is 5.69 Å². The highest BCUT2D eigenvalue weighted by Crippen LogP contribution is 2.08. The quantitative estimate of drug-likeness (QED) is 0.607. The molecule has 0 atom stereocenters. The first-order valence-electron chi connectivity index (χ1n) is 7.07. The van der Waals surface area contributed by atoms with E-state index in [1.807, 2.05) is 36.4 Å². The number of nitrogens with one attached hydrogen (secondary N) is 1. The third-order valence-electron chi connectivity index (χ3n) is 2.93. The number of ether oxygens (including phenoxy) is 1. The average Bonchev–Trinajstić information content (AvgIpc) is 3.02. The van der Waals surface area contributed by atoms with Gasteiger partial charge in [0.05, 0.1) is 30.8 Å². The number of nitriles is 1. The fourth-order valence-corrected chi connectivity index (χ4v) is 1.85. The molecule has 7 nitrogen and oxygen atoms in total. The average molecular weight is 312 g/mol. The van der Waals surface area contributed by atoms with Gasteiger partial charge in [0, 0.05) is 18.3 Å². The van der Waals surface area contributed by atoms with Crippen LogP contribution >= 0.6 is 0 Å². The zero-order valence-electron chi connectivity index (χ0n) is 12.4. The van der Waals surface area contributed by atoms with Crippen molar-refractivity contribution >= 4 is 11.9 Å². The topological polar surface area (TPSA) is 97.0 Å². The lowest BCUT2D eigenvalue weighted by molar-refractivity contribution is -0.147. The largest absolute Gasteiger partial charge is 0.455 e. The molecule has 0 spiro atoms. The summed E-state index contributed by atoms with van der Waals surface area (Å²) in [6, 6.07) is 11.4. The van der Waals surface area contributed by atoms with Gasteiger partial charge in [-0.25, -0.2) is 4.68 Å². The number of carbonyl (C=O) groups is 2. The first-order chi connectivity index (χ1) is 11.2. The molecule has 0 bridgehead atoms. The number of carbonyl (C=O) groups excluding carboxylic acids is 2. The minimum Gasteiger partial charge on any atom is -0.455 e.